The molecule has 0 aromatic carbocycles. The van der Waals surface area contributed by atoms with Crippen LogP contribution in [0.25, 0.3) is 0 Å². The number of thiophene rings is 1. The van der Waals surface area contributed by atoms with Gasteiger partial charge in [-0.2, -0.15) is 5.10 Å². The molecule has 0 bridgehead atoms. The van der Waals surface area contributed by atoms with Crippen molar-refractivity contribution >= 4 is 22.9 Å². The number of aromatic nitrogens is 3. The third-order valence-electron chi connectivity index (χ3n) is 2.51. The zero-order valence-corrected chi connectivity index (χ0v) is 11.4. The van der Waals surface area contributed by atoms with Gasteiger partial charge in [-0.05, 0) is 25.6 Å². The van der Waals surface area contributed by atoms with Gasteiger partial charge in [-0.15, -0.1) is 11.3 Å². The summed E-state index contributed by atoms with van der Waals surface area (Å²) in [5.74, 6) is 0.938. The summed E-state index contributed by atoms with van der Waals surface area (Å²) < 4.78 is 2.73. The monoisotopic (exact) mass is 270 g/mol. The van der Waals surface area contributed by atoms with Gasteiger partial charge in [0, 0.05) is 11.4 Å². The molecule has 0 radical (unpaired) electrons. The van der Waals surface area contributed by atoms with Crippen LogP contribution in [0.15, 0.2) is 18.5 Å². The van der Waals surface area contributed by atoms with E-state index >= 15 is 0 Å². The Hall–Kier alpha value is -0.910. The van der Waals surface area contributed by atoms with E-state index in [-0.39, 0.29) is 6.04 Å². The van der Waals surface area contributed by atoms with Crippen LogP contribution in [0.4, 0.5) is 0 Å². The molecular formula is C11H15ClN4S. The molecule has 0 spiro atoms. The summed E-state index contributed by atoms with van der Waals surface area (Å²) in [6.07, 6.45) is 2.64. The molecule has 2 aromatic heterocycles. The van der Waals surface area contributed by atoms with Crippen molar-refractivity contribution in [3.8, 4) is 0 Å². The van der Waals surface area contributed by atoms with E-state index < -0.39 is 0 Å². The molecule has 0 amide bonds. The maximum atomic E-state index is 5.97. The lowest BCUT2D eigenvalue weighted by Gasteiger charge is -2.14. The van der Waals surface area contributed by atoms with E-state index in [4.69, 9.17) is 11.6 Å². The molecule has 2 rings (SSSR count). The van der Waals surface area contributed by atoms with Crippen molar-refractivity contribution in [2.24, 2.45) is 0 Å². The number of hydrogen-bond donors (Lipinski definition) is 1. The fourth-order valence-electron chi connectivity index (χ4n) is 1.76. The highest BCUT2D eigenvalue weighted by Crippen LogP contribution is 2.29. The van der Waals surface area contributed by atoms with Crippen LogP contribution in [0.3, 0.4) is 0 Å². The predicted molar refractivity (Wildman–Crippen MR) is 70.5 cm³/mol. The zero-order valence-electron chi connectivity index (χ0n) is 9.85. The molecule has 1 N–H and O–H groups in total. The van der Waals surface area contributed by atoms with Gasteiger partial charge in [-0.3, -0.25) is 0 Å². The lowest BCUT2D eigenvalue weighted by molar-refractivity contribution is 0.529. The van der Waals surface area contributed by atoms with Crippen LogP contribution in [0.5, 0.6) is 0 Å². The van der Waals surface area contributed by atoms with Crippen molar-refractivity contribution < 1.29 is 0 Å². The van der Waals surface area contributed by atoms with E-state index in [1.807, 2.05) is 23.9 Å². The van der Waals surface area contributed by atoms with E-state index in [0.29, 0.717) is 0 Å². The predicted octanol–water partition coefficient (Wildman–Crippen LogP) is 2.71. The molecule has 0 aliphatic carbocycles. The first-order valence-electron chi connectivity index (χ1n) is 5.56. The molecule has 17 heavy (non-hydrogen) atoms. The standard InChI is InChI=1S/C11H15ClN4S/c1-3-6-16-11(14-7-15-16)10(13-2)8-4-5-9(12)17-8/h4-5,7,10,13H,3,6H2,1-2H3. The normalized spacial score (nSPS) is 12.9. The van der Waals surface area contributed by atoms with Gasteiger partial charge in [0.15, 0.2) is 0 Å². The van der Waals surface area contributed by atoms with Crippen LogP contribution in [0.1, 0.15) is 30.1 Å². The maximum Gasteiger partial charge on any atom is 0.149 e. The summed E-state index contributed by atoms with van der Waals surface area (Å²) in [5.41, 5.74) is 0. The Balaban J connectivity index is 2.31. The molecule has 2 heterocycles. The second-order valence-electron chi connectivity index (χ2n) is 3.70. The molecule has 1 atom stereocenters. The Morgan fingerprint density at radius 2 is 2.35 bits per heavy atom. The molecule has 0 aliphatic rings. The molecule has 0 aliphatic heterocycles. The van der Waals surface area contributed by atoms with Crippen molar-refractivity contribution in [2.75, 3.05) is 7.05 Å². The first-order chi connectivity index (χ1) is 8.26. The van der Waals surface area contributed by atoms with Gasteiger partial charge in [-0.1, -0.05) is 18.5 Å². The molecule has 1 unspecified atom stereocenters. The van der Waals surface area contributed by atoms with Gasteiger partial charge in [-0.25, -0.2) is 9.67 Å². The molecule has 0 saturated carbocycles. The molecule has 2 aromatic rings. The lowest BCUT2D eigenvalue weighted by atomic mass is 10.2. The zero-order chi connectivity index (χ0) is 12.3. The summed E-state index contributed by atoms with van der Waals surface area (Å²) >= 11 is 7.54. The largest absolute Gasteiger partial charge is 0.306 e. The van der Waals surface area contributed by atoms with Gasteiger partial charge in [0.25, 0.3) is 0 Å². The van der Waals surface area contributed by atoms with Crippen molar-refractivity contribution in [3.63, 3.8) is 0 Å². The summed E-state index contributed by atoms with van der Waals surface area (Å²) in [4.78, 5) is 5.50. The second kappa shape index (κ2) is 5.62. The molecular weight excluding hydrogens is 256 g/mol. The average molecular weight is 271 g/mol. The highest BCUT2D eigenvalue weighted by molar-refractivity contribution is 7.16. The highest BCUT2D eigenvalue weighted by atomic mass is 35.5. The van der Waals surface area contributed by atoms with E-state index in [9.17, 15) is 0 Å². The smallest absolute Gasteiger partial charge is 0.149 e. The quantitative estimate of drug-likeness (QED) is 0.908. The highest BCUT2D eigenvalue weighted by Gasteiger charge is 2.19. The second-order valence-corrected chi connectivity index (χ2v) is 5.45. The Morgan fingerprint density at radius 1 is 1.53 bits per heavy atom. The topological polar surface area (TPSA) is 42.7 Å². The Bertz CT molecular complexity index is 479. The first kappa shape index (κ1) is 12.5. The molecule has 0 saturated heterocycles. The number of aryl methyl sites for hydroxylation is 1. The average Bonchev–Trinajstić information content (AvgIpc) is 2.91. The van der Waals surface area contributed by atoms with Crippen LogP contribution in [-0.2, 0) is 6.54 Å². The lowest BCUT2D eigenvalue weighted by Crippen LogP contribution is -2.21. The third kappa shape index (κ3) is 2.68. The van der Waals surface area contributed by atoms with Crippen LogP contribution < -0.4 is 5.32 Å². The van der Waals surface area contributed by atoms with Crippen LogP contribution in [-0.4, -0.2) is 21.8 Å². The molecule has 92 valence electrons. The van der Waals surface area contributed by atoms with E-state index in [1.54, 1.807) is 17.7 Å². The number of hydrogen-bond acceptors (Lipinski definition) is 4. The Morgan fingerprint density at radius 3 is 2.94 bits per heavy atom. The van der Waals surface area contributed by atoms with E-state index in [1.165, 1.54) is 0 Å². The minimum Gasteiger partial charge on any atom is -0.306 e. The van der Waals surface area contributed by atoms with Gasteiger partial charge >= 0.3 is 0 Å². The minimum atomic E-state index is 0.0570. The molecule has 4 nitrogen and oxygen atoms in total. The van der Waals surface area contributed by atoms with Crippen molar-refractivity contribution in [1.29, 1.82) is 0 Å². The van der Waals surface area contributed by atoms with Gasteiger partial charge in [0.1, 0.15) is 18.2 Å². The van der Waals surface area contributed by atoms with Crippen LogP contribution >= 0.6 is 22.9 Å². The number of nitrogens with zero attached hydrogens (tertiary/aromatic N) is 3. The summed E-state index contributed by atoms with van der Waals surface area (Å²) in [6.45, 7) is 3.01. The maximum absolute atomic E-state index is 5.97. The van der Waals surface area contributed by atoms with Gasteiger partial charge in [0.2, 0.25) is 0 Å². The van der Waals surface area contributed by atoms with E-state index in [2.05, 4.69) is 22.3 Å². The van der Waals surface area contributed by atoms with Crippen molar-refractivity contribution in [2.45, 2.75) is 25.9 Å². The first-order valence-corrected chi connectivity index (χ1v) is 6.76. The third-order valence-corrected chi connectivity index (χ3v) is 3.80. The Kier molecular flexibility index (Phi) is 4.15. The van der Waals surface area contributed by atoms with Crippen molar-refractivity contribution in [3.05, 3.63) is 33.5 Å². The summed E-state index contributed by atoms with van der Waals surface area (Å²) in [6, 6.07) is 3.99. The number of nitrogens with one attached hydrogen (secondary N) is 1. The van der Waals surface area contributed by atoms with E-state index in [0.717, 1.165) is 28.0 Å². The number of halogens is 1. The Labute approximate surface area is 110 Å². The summed E-state index contributed by atoms with van der Waals surface area (Å²) in [5, 5.41) is 7.51. The molecule has 6 heteroatoms. The fraction of sp³-hybridized carbons (Fsp3) is 0.455. The summed E-state index contributed by atoms with van der Waals surface area (Å²) in [7, 11) is 1.92. The SMILES string of the molecule is CCCn1ncnc1C(NC)c1ccc(Cl)s1. The minimum absolute atomic E-state index is 0.0570. The van der Waals surface area contributed by atoms with Crippen LogP contribution in [0.2, 0.25) is 4.34 Å². The van der Waals surface area contributed by atoms with Crippen LogP contribution in [0, 0.1) is 0 Å². The van der Waals surface area contributed by atoms with Gasteiger partial charge < -0.3 is 5.32 Å². The fourth-order valence-corrected chi connectivity index (χ4v) is 2.93. The number of rotatable bonds is 5. The molecule has 0 fully saturated rings. The van der Waals surface area contributed by atoms with Crippen molar-refractivity contribution in [1.82, 2.24) is 20.1 Å². The van der Waals surface area contributed by atoms with Gasteiger partial charge in [0.05, 0.1) is 4.34 Å².